The standard InChI is InChI=1S/C22H28N2O3/c25-15-19-7-3-11-23(19)22(27)20-8-4-12-24(20)21(26)14-16-9-10-17-5-1-2-6-18(17)13-16/h1-2,5-6,15-16,19-20H,3-4,7-14H2/t16?,19-,20-/m0/s1. The topological polar surface area (TPSA) is 57.7 Å². The summed E-state index contributed by atoms with van der Waals surface area (Å²) in [6.07, 6.45) is 7.64. The lowest BCUT2D eigenvalue weighted by Crippen LogP contribution is -2.49. The van der Waals surface area contributed by atoms with Gasteiger partial charge in [0.1, 0.15) is 12.3 Å². The molecule has 1 unspecified atom stereocenters. The van der Waals surface area contributed by atoms with Gasteiger partial charge in [-0.2, -0.15) is 0 Å². The molecular formula is C22H28N2O3. The van der Waals surface area contributed by atoms with E-state index in [2.05, 4.69) is 24.3 Å². The van der Waals surface area contributed by atoms with Gasteiger partial charge in [0.05, 0.1) is 6.04 Å². The highest BCUT2D eigenvalue weighted by atomic mass is 16.2. The lowest BCUT2D eigenvalue weighted by atomic mass is 9.82. The van der Waals surface area contributed by atoms with Crippen LogP contribution in [0.3, 0.4) is 0 Å². The molecule has 0 radical (unpaired) electrons. The molecular weight excluding hydrogens is 340 g/mol. The minimum atomic E-state index is -0.367. The minimum Gasteiger partial charge on any atom is -0.331 e. The van der Waals surface area contributed by atoms with Crippen molar-refractivity contribution in [3.8, 4) is 0 Å². The van der Waals surface area contributed by atoms with Gasteiger partial charge in [0.15, 0.2) is 0 Å². The first-order valence-corrected chi connectivity index (χ1v) is 10.3. The Labute approximate surface area is 160 Å². The van der Waals surface area contributed by atoms with E-state index in [1.165, 1.54) is 11.1 Å². The largest absolute Gasteiger partial charge is 0.331 e. The molecule has 5 heteroatoms. The van der Waals surface area contributed by atoms with E-state index >= 15 is 0 Å². The van der Waals surface area contributed by atoms with E-state index < -0.39 is 0 Å². The summed E-state index contributed by atoms with van der Waals surface area (Å²) < 4.78 is 0. The summed E-state index contributed by atoms with van der Waals surface area (Å²) in [7, 11) is 0. The predicted molar refractivity (Wildman–Crippen MR) is 102 cm³/mol. The number of carbonyl (C=O) groups is 3. The average molecular weight is 368 g/mol. The highest BCUT2D eigenvalue weighted by Gasteiger charge is 2.40. The van der Waals surface area contributed by atoms with E-state index in [-0.39, 0.29) is 23.9 Å². The number of aldehydes is 1. The van der Waals surface area contributed by atoms with Crippen LogP contribution in [0.5, 0.6) is 0 Å². The summed E-state index contributed by atoms with van der Waals surface area (Å²) in [6, 6.07) is 7.83. The van der Waals surface area contributed by atoms with Crippen molar-refractivity contribution in [2.45, 2.75) is 63.5 Å². The molecule has 0 saturated carbocycles. The van der Waals surface area contributed by atoms with Crippen molar-refractivity contribution in [1.29, 1.82) is 0 Å². The molecule has 1 aromatic rings. The molecule has 1 aliphatic carbocycles. The Balaban J connectivity index is 1.39. The van der Waals surface area contributed by atoms with Crippen molar-refractivity contribution in [3.63, 3.8) is 0 Å². The second kappa shape index (κ2) is 7.83. The molecule has 1 aromatic carbocycles. The van der Waals surface area contributed by atoms with E-state index in [0.29, 0.717) is 25.4 Å². The van der Waals surface area contributed by atoms with Crippen LogP contribution in [0.4, 0.5) is 0 Å². The summed E-state index contributed by atoms with van der Waals surface area (Å²) in [4.78, 5) is 40.7. The number of likely N-dealkylation sites (tertiary alicyclic amines) is 2. The molecule has 0 bridgehead atoms. The maximum absolute atomic E-state index is 13.0. The van der Waals surface area contributed by atoms with Gasteiger partial charge in [0.2, 0.25) is 11.8 Å². The number of carbonyl (C=O) groups excluding carboxylic acids is 3. The van der Waals surface area contributed by atoms with Crippen LogP contribution in [0.15, 0.2) is 24.3 Å². The second-order valence-electron chi connectivity index (χ2n) is 8.20. The maximum Gasteiger partial charge on any atom is 0.245 e. The lowest BCUT2D eigenvalue weighted by Gasteiger charge is -2.31. The Hall–Kier alpha value is -2.17. The Morgan fingerprint density at radius 2 is 1.74 bits per heavy atom. The van der Waals surface area contributed by atoms with Crippen molar-refractivity contribution >= 4 is 18.1 Å². The smallest absolute Gasteiger partial charge is 0.245 e. The van der Waals surface area contributed by atoms with Crippen molar-refractivity contribution in [1.82, 2.24) is 9.80 Å². The van der Waals surface area contributed by atoms with Crippen LogP contribution >= 0.6 is 0 Å². The van der Waals surface area contributed by atoms with Gasteiger partial charge in [-0.05, 0) is 62.0 Å². The summed E-state index contributed by atoms with van der Waals surface area (Å²) in [5.41, 5.74) is 2.77. The number of hydrogen-bond donors (Lipinski definition) is 0. The van der Waals surface area contributed by atoms with E-state index in [1.807, 2.05) is 0 Å². The zero-order valence-electron chi connectivity index (χ0n) is 15.8. The van der Waals surface area contributed by atoms with Crippen LogP contribution in [0.25, 0.3) is 0 Å². The molecule has 4 rings (SSSR count). The zero-order valence-corrected chi connectivity index (χ0v) is 15.8. The fourth-order valence-electron chi connectivity index (χ4n) is 5.03. The Bertz CT molecular complexity index is 732. The van der Waals surface area contributed by atoms with Gasteiger partial charge in [-0.25, -0.2) is 0 Å². The molecule has 2 fully saturated rings. The van der Waals surface area contributed by atoms with Gasteiger partial charge in [-0.1, -0.05) is 24.3 Å². The molecule has 0 N–H and O–H groups in total. The van der Waals surface area contributed by atoms with E-state index in [0.717, 1.165) is 51.2 Å². The summed E-state index contributed by atoms with van der Waals surface area (Å²) in [6.45, 7) is 1.30. The molecule has 0 spiro atoms. The zero-order chi connectivity index (χ0) is 18.8. The third kappa shape index (κ3) is 3.64. The second-order valence-corrected chi connectivity index (χ2v) is 8.20. The van der Waals surface area contributed by atoms with Crippen molar-refractivity contribution < 1.29 is 14.4 Å². The van der Waals surface area contributed by atoms with Gasteiger partial charge in [0, 0.05) is 19.5 Å². The van der Waals surface area contributed by atoms with Crippen molar-refractivity contribution in [2.75, 3.05) is 13.1 Å². The summed E-state index contributed by atoms with van der Waals surface area (Å²) in [5, 5.41) is 0. The first-order chi connectivity index (χ1) is 13.2. The number of rotatable bonds is 4. The van der Waals surface area contributed by atoms with Crippen LogP contribution in [-0.4, -0.2) is 53.1 Å². The summed E-state index contributed by atoms with van der Waals surface area (Å²) in [5.74, 6) is 0.444. The third-order valence-electron chi connectivity index (χ3n) is 6.51. The average Bonchev–Trinajstić information content (AvgIpc) is 3.36. The first-order valence-electron chi connectivity index (χ1n) is 10.3. The number of benzene rings is 1. The quantitative estimate of drug-likeness (QED) is 0.767. The molecule has 2 saturated heterocycles. The van der Waals surface area contributed by atoms with E-state index in [9.17, 15) is 14.4 Å². The van der Waals surface area contributed by atoms with Gasteiger partial charge in [-0.15, -0.1) is 0 Å². The highest BCUT2D eigenvalue weighted by Crippen LogP contribution is 2.30. The Morgan fingerprint density at radius 1 is 1.00 bits per heavy atom. The Kier molecular flexibility index (Phi) is 5.28. The van der Waals surface area contributed by atoms with Crippen molar-refractivity contribution in [2.24, 2.45) is 5.92 Å². The van der Waals surface area contributed by atoms with Gasteiger partial charge < -0.3 is 14.6 Å². The fourth-order valence-corrected chi connectivity index (χ4v) is 5.03. The maximum atomic E-state index is 13.0. The molecule has 2 aliphatic heterocycles. The number of amides is 2. The van der Waals surface area contributed by atoms with E-state index in [4.69, 9.17) is 0 Å². The van der Waals surface area contributed by atoms with Crippen LogP contribution in [-0.2, 0) is 27.2 Å². The fraction of sp³-hybridized carbons (Fsp3) is 0.591. The van der Waals surface area contributed by atoms with Crippen LogP contribution in [0.2, 0.25) is 0 Å². The van der Waals surface area contributed by atoms with Crippen molar-refractivity contribution in [3.05, 3.63) is 35.4 Å². The molecule has 144 valence electrons. The first kappa shape index (κ1) is 18.2. The van der Waals surface area contributed by atoms with E-state index in [1.54, 1.807) is 9.80 Å². The van der Waals surface area contributed by atoms with Crippen LogP contribution in [0, 0.1) is 5.92 Å². The van der Waals surface area contributed by atoms with Crippen LogP contribution in [0.1, 0.15) is 49.7 Å². The molecule has 2 amide bonds. The number of fused-ring (bicyclic) bond motifs is 1. The number of nitrogens with zero attached hydrogens (tertiary/aromatic N) is 2. The number of aryl methyl sites for hydroxylation is 1. The summed E-state index contributed by atoms with van der Waals surface area (Å²) >= 11 is 0. The molecule has 3 atom stereocenters. The SMILES string of the molecule is O=C[C@@H]1CCCN1C(=O)[C@@H]1CCCN1C(=O)CC1CCc2ccccc2C1. The third-order valence-corrected chi connectivity index (χ3v) is 6.51. The molecule has 5 nitrogen and oxygen atoms in total. The Morgan fingerprint density at radius 3 is 2.56 bits per heavy atom. The lowest BCUT2D eigenvalue weighted by molar-refractivity contribution is -0.145. The molecule has 27 heavy (non-hydrogen) atoms. The van der Waals surface area contributed by atoms with Gasteiger partial charge >= 0.3 is 0 Å². The molecule has 3 aliphatic rings. The minimum absolute atomic E-state index is 0.0237. The predicted octanol–water partition coefficient (Wildman–Crippen LogP) is 2.36. The van der Waals surface area contributed by atoms with Gasteiger partial charge in [0.25, 0.3) is 0 Å². The van der Waals surface area contributed by atoms with Gasteiger partial charge in [-0.3, -0.25) is 9.59 Å². The molecule has 2 heterocycles. The normalized spacial score (nSPS) is 27.5. The monoisotopic (exact) mass is 368 g/mol. The highest BCUT2D eigenvalue weighted by molar-refractivity contribution is 5.90. The molecule has 0 aromatic heterocycles. The van der Waals surface area contributed by atoms with Crippen LogP contribution < -0.4 is 0 Å². The number of hydrogen-bond acceptors (Lipinski definition) is 3.